The maximum atomic E-state index is 13.4. The van der Waals surface area contributed by atoms with Crippen LogP contribution in [0.25, 0.3) is 22.2 Å². The normalized spacial score (nSPS) is 15.5. The number of rotatable bonds is 3. The Hall–Kier alpha value is -3.98. The van der Waals surface area contributed by atoms with Crippen molar-refractivity contribution in [3.05, 3.63) is 74.6 Å². The number of phenols is 2. The fourth-order valence-corrected chi connectivity index (χ4v) is 4.59. The number of aromatic hydroxyl groups is 2. The summed E-state index contributed by atoms with van der Waals surface area (Å²) in [6.07, 6.45) is -0.655. The van der Waals surface area contributed by atoms with Gasteiger partial charge >= 0.3 is 5.69 Å². The Morgan fingerprint density at radius 3 is 2.39 bits per heavy atom. The third-order valence-corrected chi connectivity index (χ3v) is 6.22. The second kappa shape index (κ2) is 7.56. The number of aromatic nitrogens is 3. The van der Waals surface area contributed by atoms with Crippen molar-refractivity contribution >= 4 is 10.9 Å². The van der Waals surface area contributed by atoms with E-state index in [4.69, 9.17) is 9.47 Å². The number of hydrogen-bond acceptors (Lipinski definition) is 6. The summed E-state index contributed by atoms with van der Waals surface area (Å²) >= 11 is 0. The molecule has 2 N–H and O–H groups in total. The van der Waals surface area contributed by atoms with Crippen LogP contribution in [0.2, 0.25) is 0 Å². The summed E-state index contributed by atoms with van der Waals surface area (Å²) in [7, 11) is 4.68. The van der Waals surface area contributed by atoms with Crippen molar-refractivity contribution in [1.29, 1.82) is 0 Å². The highest BCUT2D eigenvalue weighted by molar-refractivity contribution is 5.96. The first-order chi connectivity index (χ1) is 15.8. The summed E-state index contributed by atoms with van der Waals surface area (Å²) in [4.78, 5) is 26.2. The van der Waals surface area contributed by atoms with Crippen LogP contribution in [0.15, 0.2) is 52.1 Å². The van der Waals surface area contributed by atoms with E-state index in [0.29, 0.717) is 46.8 Å². The van der Waals surface area contributed by atoms with Gasteiger partial charge in [-0.05, 0) is 47.5 Å². The summed E-state index contributed by atoms with van der Waals surface area (Å²) in [6, 6.07) is 11.9. The number of phenolic OH excluding ortho intramolecular Hbond substituents is 2. The molecule has 0 bridgehead atoms. The highest BCUT2D eigenvalue weighted by Gasteiger charge is 2.33. The molecule has 1 aliphatic rings. The standard InChI is InChI=1S/C24H23N3O6/c1-25-20-18(23(30)26(2)24(25)31)19(13-4-7-15(32-3)8-5-13)27-10-11-33-22(21(20)27)14-6-9-16(28)17(29)12-14/h4-9,12,22,28-29H,10-11H2,1-3H3/t22-/m0/s1. The van der Waals surface area contributed by atoms with Crippen molar-refractivity contribution in [2.24, 2.45) is 14.1 Å². The molecule has 0 amide bonds. The van der Waals surface area contributed by atoms with E-state index in [-0.39, 0.29) is 11.5 Å². The molecule has 0 radical (unpaired) electrons. The molecule has 170 valence electrons. The number of nitrogens with zero attached hydrogens (tertiary/aromatic N) is 3. The Balaban J connectivity index is 1.90. The van der Waals surface area contributed by atoms with Crippen LogP contribution >= 0.6 is 0 Å². The fraction of sp³-hybridized carbons (Fsp3) is 0.250. The van der Waals surface area contributed by atoms with Crippen LogP contribution in [-0.2, 0) is 25.4 Å². The van der Waals surface area contributed by atoms with Crippen LogP contribution in [0.4, 0.5) is 0 Å². The molecule has 0 saturated carbocycles. The monoisotopic (exact) mass is 449 g/mol. The van der Waals surface area contributed by atoms with Crippen LogP contribution in [0.5, 0.6) is 17.2 Å². The molecule has 33 heavy (non-hydrogen) atoms. The summed E-state index contributed by atoms with van der Waals surface area (Å²) in [5.41, 5.74) is 2.37. The van der Waals surface area contributed by atoms with Gasteiger partial charge in [0.1, 0.15) is 11.9 Å². The van der Waals surface area contributed by atoms with Gasteiger partial charge in [0.15, 0.2) is 11.5 Å². The Morgan fingerprint density at radius 2 is 1.73 bits per heavy atom. The molecular weight excluding hydrogens is 426 g/mol. The van der Waals surface area contributed by atoms with E-state index in [1.54, 1.807) is 20.2 Å². The summed E-state index contributed by atoms with van der Waals surface area (Å²) in [5.74, 6) is 0.175. The Kier molecular flexibility index (Phi) is 4.79. The lowest BCUT2D eigenvalue weighted by atomic mass is 10.0. The summed E-state index contributed by atoms with van der Waals surface area (Å²) in [5, 5.41) is 20.2. The largest absolute Gasteiger partial charge is 0.504 e. The maximum Gasteiger partial charge on any atom is 0.331 e. The van der Waals surface area contributed by atoms with E-state index in [0.717, 1.165) is 10.1 Å². The van der Waals surface area contributed by atoms with E-state index in [1.165, 1.54) is 23.7 Å². The average molecular weight is 449 g/mol. The number of benzene rings is 2. The molecule has 5 rings (SSSR count). The SMILES string of the molecule is COc1ccc(-c2c3c(=O)n(C)c(=O)n(C)c3c3n2CCO[C@H]3c2ccc(O)c(O)c2)cc1. The van der Waals surface area contributed by atoms with Crippen molar-refractivity contribution < 1.29 is 19.7 Å². The maximum absolute atomic E-state index is 13.4. The molecule has 1 aliphatic heterocycles. The van der Waals surface area contributed by atoms with Gasteiger partial charge in [0.25, 0.3) is 5.56 Å². The molecule has 0 aliphatic carbocycles. The molecule has 4 aromatic rings. The molecule has 2 aromatic heterocycles. The zero-order valence-electron chi connectivity index (χ0n) is 18.4. The smallest absolute Gasteiger partial charge is 0.331 e. The van der Waals surface area contributed by atoms with Gasteiger partial charge in [-0.15, -0.1) is 0 Å². The van der Waals surface area contributed by atoms with E-state index in [1.807, 2.05) is 28.8 Å². The van der Waals surface area contributed by atoms with Crippen molar-refractivity contribution in [3.8, 4) is 28.5 Å². The van der Waals surface area contributed by atoms with E-state index >= 15 is 0 Å². The minimum atomic E-state index is -0.655. The zero-order chi connectivity index (χ0) is 23.4. The van der Waals surface area contributed by atoms with E-state index in [2.05, 4.69) is 0 Å². The molecular formula is C24H23N3O6. The molecule has 9 heteroatoms. The van der Waals surface area contributed by atoms with Gasteiger partial charge in [-0.2, -0.15) is 0 Å². The van der Waals surface area contributed by atoms with Gasteiger partial charge in [-0.1, -0.05) is 6.07 Å². The van der Waals surface area contributed by atoms with Gasteiger partial charge in [0.05, 0.1) is 36.0 Å². The Bertz CT molecular complexity index is 1510. The van der Waals surface area contributed by atoms with Crippen molar-refractivity contribution in [3.63, 3.8) is 0 Å². The number of hydrogen-bond donors (Lipinski definition) is 2. The molecule has 3 heterocycles. The topological polar surface area (TPSA) is 108 Å². The second-order valence-corrected chi connectivity index (χ2v) is 8.04. The molecule has 1 atom stereocenters. The van der Waals surface area contributed by atoms with E-state index in [9.17, 15) is 19.8 Å². The molecule has 0 spiro atoms. The van der Waals surface area contributed by atoms with Crippen LogP contribution in [0.1, 0.15) is 17.4 Å². The summed E-state index contributed by atoms with van der Waals surface area (Å²) in [6.45, 7) is 0.834. The molecule has 9 nitrogen and oxygen atoms in total. The first kappa shape index (κ1) is 20.9. The van der Waals surface area contributed by atoms with Crippen molar-refractivity contribution in [2.75, 3.05) is 13.7 Å². The first-order valence-electron chi connectivity index (χ1n) is 10.4. The lowest BCUT2D eigenvalue weighted by molar-refractivity contribution is 0.0477. The predicted octanol–water partition coefficient (Wildman–Crippen LogP) is 2.25. The van der Waals surface area contributed by atoms with Crippen LogP contribution < -0.4 is 16.0 Å². The second-order valence-electron chi connectivity index (χ2n) is 8.04. The minimum absolute atomic E-state index is 0.241. The number of aryl methyl sites for hydroxylation is 1. The predicted molar refractivity (Wildman–Crippen MR) is 122 cm³/mol. The van der Waals surface area contributed by atoms with Crippen molar-refractivity contribution in [1.82, 2.24) is 13.7 Å². The van der Waals surface area contributed by atoms with Gasteiger partial charge in [-0.25, -0.2) is 4.79 Å². The molecule has 0 unspecified atom stereocenters. The average Bonchev–Trinajstić information content (AvgIpc) is 3.18. The van der Waals surface area contributed by atoms with Crippen LogP contribution in [-0.4, -0.2) is 37.6 Å². The van der Waals surface area contributed by atoms with Gasteiger partial charge < -0.3 is 24.3 Å². The van der Waals surface area contributed by atoms with Gasteiger partial charge in [0, 0.05) is 20.6 Å². The number of fused-ring (bicyclic) bond motifs is 3. The van der Waals surface area contributed by atoms with Gasteiger partial charge in [-0.3, -0.25) is 13.9 Å². The Morgan fingerprint density at radius 1 is 1.00 bits per heavy atom. The lowest BCUT2D eigenvalue weighted by Gasteiger charge is -2.28. The summed E-state index contributed by atoms with van der Waals surface area (Å²) < 4.78 is 15.9. The quantitative estimate of drug-likeness (QED) is 0.465. The van der Waals surface area contributed by atoms with Crippen LogP contribution in [0, 0.1) is 0 Å². The van der Waals surface area contributed by atoms with E-state index < -0.39 is 17.4 Å². The van der Waals surface area contributed by atoms with Crippen LogP contribution in [0.3, 0.4) is 0 Å². The number of ether oxygens (including phenoxy) is 2. The molecule has 0 fully saturated rings. The molecule has 0 saturated heterocycles. The number of methoxy groups -OCH3 is 1. The zero-order valence-corrected chi connectivity index (χ0v) is 18.4. The third kappa shape index (κ3) is 3.04. The van der Waals surface area contributed by atoms with Crippen molar-refractivity contribution in [2.45, 2.75) is 12.6 Å². The highest BCUT2D eigenvalue weighted by atomic mass is 16.5. The minimum Gasteiger partial charge on any atom is -0.504 e. The Labute approximate surface area is 188 Å². The van der Waals surface area contributed by atoms with Gasteiger partial charge in [0.2, 0.25) is 0 Å². The highest BCUT2D eigenvalue weighted by Crippen LogP contribution is 2.42. The fourth-order valence-electron chi connectivity index (χ4n) is 4.59. The molecule has 2 aromatic carbocycles. The first-order valence-corrected chi connectivity index (χ1v) is 10.4. The third-order valence-electron chi connectivity index (χ3n) is 6.22. The lowest BCUT2D eigenvalue weighted by Crippen LogP contribution is -2.37.